The van der Waals surface area contributed by atoms with Crippen LogP contribution in [0.3, 0.4) is 0 Å². The van der Waals surface area contributed by atoms with E-state index in [1.54, 1.807) is 6.20 Å². The van der Waals surface area contributed by atoms with Crippen LogP contribution in [0.5, 0.6) is 0 Å². The predicted octanol–water partition coefficient (Wildman–Crippen LogP) is 3.05. The van der Waals surface area contributed by atoms with Crippen LogP contribution in [0.15, 0.2) is 16.9 Å². The van der Waals surface area contributed by atoms with Gasteiger partial charge in [0.05, 0.1) is 22.0 Å². The third-order valence-corrected chi connectivity index (χ3v) is 3.81. The number of aromatic nitrogens is 1. The highest BCUT2D eigenvalue weighted by Gasteiger charge is 2.18. The van der Waals surface area contributed by atoms with Gasteiger partial charge in [-0.1, -0.05) is 6.92 Å². The average molecular weight is 284 g/mol. The SMILES string of the molecule is CC1CCCN(c2c(N)cncc2Br)CC1. The normalized spacial score (nSPS) is 21.9. The molecule has 16 heavy (non-hydrogen) atoms. The molecule has 1 unspecified atom stereocenters. The number of halogens is 1. The summed E-state index contributed by atoms with van der Waals surface area (Å²) in [5, 5.41) is 0. The molecule has 0 radical (unpaired) electrons. The number of anilines is 2. The van der Waals surface area contributed by atoms with Gasteiger partial charge in [0.1, 0.15) is 0 Å². The first-order chi connectivity index (χ1) is 7.68. The van der Waals surface area contributed by atoms with Gasteiger partial charge in [0, 0.05) is 19.3 Å². The molecule has 0 bridgehead atoms. The van der Waals surface area contributed by atoms with Gasteiger partial charge in [0.2, 0.25) is 0 Å². The molecule has 0 aromatic carbocycles. The first-order valence-electron chi connectivity index (χ1n) is 5.82. The molecule has 3 nitrogen and oxygen atoms in total. The van der Waals surface area contributed by atoms with Crippen LogP contribution in [0.1, 0.15) is 26.2 Å². The van der Waals surface area contributed by atoms with E-state index in [4.69, 9.17) is 5.73 Å². The summed E-state index contributed by atoms with van der Waals surface area (Å²) in [6.45, 7) is 4.51. The third-order valence-electron chi connectivity index (χ3n) is 3.23. The molecule has 1 aliphatic rings. The number of nitrogens with two attached hydrogens (primary N) is 1. The Kier molecular flexibility index (Phi) is 3.69. The van der Waals surface area contributed by atoms with Crippen molar-refractivity contribution in [1.82, 2.24) is 4.98 Å². The lowest BCUT2D eigenvalue weighted by atomic mass is 10.0. The summed E-state index contributed by atoms with van der Waals surface area (Å²) in [7, 11) is 0. The smallest absolute Gasteiger partial charge is 0.0776 e. The van der Waals surface area contributed by atoms with Crippen molar-refractivity contribution in [3.63, 3.8) is 0 Å². The lowest BCUT2D eigenvalue weighted by molar-refractivity contribution is 0.521. The average Bonchev–Trinajstić information content (AvgIpc) is 2.44. The van der Waals surface area contributed by atoms with Gasteiger partial charge in [0.25, 0.3) is 0 Å². The second-order valence-electron chi connectivity index (χ2n) is 4.58. The van der Waals surface area contributed by atoms with E-state index in [0.717, 1.165) is 34.9 Å². The summed E-state index contributed by atoms with van der Waals surface area (Å²) in [6.07, 6.45) is 7.36. The van der Waals surface area contributed by atoms with Crippen LogP contribution in [0.4, 0.5) is 11.4 Å². The molecule has 2 N–H and O–H groups in total. The van der Waals surface area contributed by atoms with Crippen molar-refractivity contribution in [2.75, 3.05) is 23.7 Å². The van der Waals surface area contributed by atoms with Crippen LogP contribution >= 0.6 is 15.9 Å². The minimum absolute atomic E-state index is 0.768. The lowest BCUT2D eigenvalue weighted by Crippen LogP contribution is -2.25. The summed E-state index contributed by atoms with van der Waals surface area (Å²) >= 11 is 3.54. The molecule has 2 heterocycles. The monoisotopic (exact) mass is 283 g/mol. The zero-order valence-corrected chi connectivity index (χ0v) is 11.2. The molecular weight excluding hydrogens is 266 g/mol. The van der Waals surface area contributed by atoms with Gasteiger partial charge < -0.3 is 10.6 Å². The van der Waals surface area contributed by atoms with Crippen molar-refractivity contribution in [2.45, 2.75) is 26.2 Å². The van der Waals surface area contributed by atoms with Crippen molar-refractivity contribution in [2.24, 2.45) is 5.92 Å². The van der Waals surface area contributed by atoms with Crippen molar-refractivity contribution >= 4 is 27.3 Å². The quantitative estimate of drug-likeness (QED) is 0.861. The molecule has 0 amide bonds. The zero-order chi connectivity index (χ0) is 11.5. The highest BCUT2D eigenvalue weighted by Crippen LogP contribution is 2.33. The maximum atomic E-state index is 6.00. The largest absolute Gasteiger partial charge is 0.396 e. The van der Waals surface area contributed by atoms with Gasteiger partial charge in [-0.15, -0.1) is 0 Å². The third kappa shape index (κ3) is 2.48. The molecule has 4 heteroatoms. The molecule has 1 atom stereocenters. The van der Waals surface area contributed by atoms with E-state index < -0.39 is 0 Å². The minimum Gasteiger partial charge on any atom is -0.396 e. The molecule has 1 aliphatic heterocycles. The number of pyridine rings is 1. The number of rotatable bonds is 1. The number of nitrogens with zero attached hydrogens (tertiary/aromatic N) is 2. The van der Waals surface area contributed by atoms with Gasteiger partial charge in [-0.25, -0.2) is 0 Å². The molecule has 2 rings (SSSR count). The zero-order valence-electron chi connectivity index (χ0n) is 9.62. The summed E-state index contributed by atoms with van der Waals surface area (Å²) < 4.78 is 1.00. The maximum absolute atomic E-state index is 6.00. The van der Waals surface area contributed by atoms with E-state index in [1.165, 1.54) is 19.3 Å². The fraction of sp³-hybridized carbons (Fsp3) is 0.583. The first kappa shape index (κ1) is 11.7. The Hall–Kier alpha value is -0.770. The molecule has 1 saturated heterocycles. The summed E-state index contributed by atoms with van der Waals surface area (Å²) in [6, 6.07) is 0. The highest BCUT2D eigenvalue weighted by atomic mass is 79.9. The van der Waals surface area contributed by atoms with E-state index in [1.807, 2.05) is 6.20 Å². The van der Waals surface area contributed by atoms with Crippen LogP contribution in [-0.4, -0.2) is 18.1 Å². The van der Waals surface area contributed by atoms with E-state index in [0.29, 0.717) is 0 Å². The van der Waals surface area contributed by atoms with E-state index in [2.05, 4.69) is 32.7 Å². The van der Waals surface area contributed by atoms with E-state index in [9.17, 15) is 0 Å². The molecule has 88 valence electrons. The fourth-order valence-corrected chi connectivity index (χ4v) is 2.86. The van der Waals surface area contributed by atoms with Crippen molar-refractivity contribution in [3.8, 4) is 0 Å². The maximum Gasteiger partial charge on any atom is 0.0776 e. The molecule has 1 aromatic rings. The van der Waals surface area contributed by atoms with Crippen LogP contribution in [0.2, 0.25) is 0 Å². The predicted molar refractivity (Wildman–Crippen MR) is 71.6 cm³/mol. The topological polar surface area (TPSA) is 42.1 Å². The Morgan fingerprint density at radius 3 is 2.94 bits per heavy atom. The van der Waals surface area contributed by atoms with Gasteiger partial charge in [0.15, 0.2) is 0 Å². The van der Waals surface area contributed by atoms with Crippen molar-refractivity contribution in [3.05, 3.63) is 16.9 Å². The minimum atomic E-state index is 0.768. The Morgan fingerprint density at radius 2 is 2.19 bits per heavy atom. The number of hydrogen-bond donors (Lipinski definition) is 1. The summed E-state index contributed by atoms with van der Waals surface area (Å²) in [5.41, 5.74) is 7.89. The first-order valence-corrected chi connectivity index (χ1v) is 6.61. The van der Waals surface area contributed by atoms with Crippen LogP contribution in [0, 0.1) is 5.92 Å². The Bertz CT molecular complexity index is 347. The van der Waals surface area contributed by atoms with Gasteiger partial charge >= 0.3 is 0 Å². The molecule has 1 fully saturated rings. The second kappa shape index (κ2) is 5.04. The molecule has 0 saturated carbocycles. The summed E-state index contributed by atoms with van der Waals surface area (Å²) in [4.78, 5) is 6.46. The van der Waals surface area contributed by atoms with Gasteiger partial charge in [-0.05, 0) is 41.1 Å². The molecule has 0 spiro atoms. The van der Waals surface area contributed by atoms with E-state index >= 15 is 0 Å². The summed E-state index contributed by atoms with van der Waals surface area (Å²) in [5.74, 6) is 0.826. The molecule has 1 aromatic heterocycles. The number of nitrogen functional groups attached to an aromatic ring is 1. The van der Waals surface area contributed by atoms with Crippen LogP contribution in [0.25, 0.3) is 0 Å². The van der Waals surface area contributed by atoms with Gasteiger partial charge in [-0.3, -0.25) is 4.98 Å². The van der Waals surface area contributed by atoms with E-state index in [-0.39, 0.29) is 0 Å². The Labute approximate surface area is 105 Å². The lowest BCUT2D eigenvalue weighted by Gasteiger charge is -2.25. The Morgan fingerprint density at radius 1 is 1.38 bits per heavy atom. The Balaban J connectivity index is 2.23. The fourth-order valence-electron chi connectivity index (χ4n) is 2.26. The molecule has 0 aliphatic carbocycles. The van der Waals surface area contributed by atoms with Crippen molar-refractivity contribution in [1.29, 1.82) is 0 Å². The standard InChI is InChI=1S/C12H18BrN3/c1-9-3-2-5-16(6-4-9)12-10(13)7-15-8-11(12)14/h7-9H,2-6,14H2,1H3. The second-order valence-corrected chi connectivity index (χ2v) is 5.44. The number of hydrogen-bond acceptors (Lipinski definition) is 3. The molecular formula is C12H18BrN3. The van der Waals surface area contributed by atoms with Crippen LogP contribution < -0.4 is 10.6 Å². The van der Waals surface area contributed by atoms with Crippen LogP contribution in [-0.2, 0) is 0 Å². The van der Waals surface area contributed by atoms with Crippen molar-refractivity contribution < 1.29 is 0 Å². The van der Waals surface area contributed by atoms with Gasteiger partial charge in [-0.2, -0.15) is 0 Å². The highest BCUT2D eigenvalue weighted by molar-refractivity contribution is 9.10.